The second-order valence-electron chi connectivity index (χ2n) is 5.67. The van der Waals surface area contributed by atoms with E-state index in [1.165, 1.54) is 11.1 Å². The number of rotatable bonds is 8. The monoisotopic (exact) mass is 290 g/mol. The number of carbonyl (C=O) groups is 1. The lowest BCUT2D eigenvalue weighted by atomic mass is 9.87. The van der Waals surface area contributed by atoms with Gasteiger partial charge in [0.1, 0.15) is 5.75 Å². The van der Waals surface area contributed by atoms with Crippen LogP contribution in [0.1, 0.15) is 37.3 Å². The van der Waals surface area contributed by atoms with Crippen molar-refractivity contribution < 1.29 is 9.53 Å². The molecule has 1 aromatic carbocycles. The van der Waals surface area contributed by atoms with Gasteiger partial charge < -0.3 is 15.4 Å². The van der Waals surface area contributed by atoms with Crippen molar-refractivity contribution in [2.45, 2.75) is 51.1 Å². The average molecular weight is 290 g/mol. The van der Waals surface area contributed by atoms with Crippen molar-refractivity contribution >= 4 is 6.41 Å². The first kappa shape index (κ1) is 15.8. The molecule has 0 radical (unpaired) electrons. The summed E-state index contributed by atoms with van der Waals surface area (Å²) in [4.78, 5) is 10.3. The minimum Gasteiger partial charge on any atom is -0.496 e. The molecule has 1 aliphatic carbocycles. The van der Waals surface area contributed by atoms with Gasteiger partial charge in [-0.2, -0.15) is 0 Å². The van der Waals surface area contributed by atoms with Crippen molar-refractivity contribution in [2.75, 3.05) is 13.7 Å². The molecular formula is C17H26N2O2. The fourth-order valence-corrected chi connectivity index (χ4v) is 3.14. The molecule has 2 unspecified atom stereocenters. The van der Waals surface area contributed by atoms with Crippen LogP contribution < -0.4 is 15.4 Å². The van der Waals surface area contributed by atoms with Gasteiger partial charge in [0.15, 0.2) is 0 Å². The molecule has 0 spiro atoms. The summed E-state index contributed by atoms with van der Waals surface area (Å²) in [5.74, 6) is 1.01. The van der Waals surface area contributed by atoms with E-state index < -0.39 is 0 Å². The molecule has 2 N–H and O–H groups in total. The van der Waals surface area contributed by atoms with E-state index in [2.05, 4.69) is 29.7 Å². The van der Waals surface area contributed by atoms with Crippen LogP contribution in [0.2, 0.25) is 0 Å². The number of amides is 1. The number of hydrogen-bond acceptors (Lipinski definition) is 3. The van der Waals surface area contributed by atoms with Gasteiger partial charge in [-0.25, -0.2) is 0 Å². The lowest BCUT2D eigenvalue weighted by Crippen LogP contribution is -2.42. The van der Waals surface area contributed by atoms with Gasteiger partial charge in [0.05, 0.1) is 7.11 Å². The van der Waals surface area contributed by atoms with Crippen LogP contribution in [0.3, 0.4) is 0 Å². The number of methoxy groups -OCH3 is 1. The predicted molar refractivity (Wildman–Crippen MR) is 84.7 cm³/mol. The van der Waals surface area contributed by atoms with E-state index in [1.54, 1.807) is 7.11 Å². The molecule has 116 valence electrons. The number of aryl methyl sites for hydroxylation is 1. The number of ether oxygens (including phenoxy) is 1. The normalized spacial score (nSPS) is 18.7. The summed E-state index contributed by atoms with van der Waals surface area (Å²) in [6.45, 7) is 2.93. The Bertz CT molecular complexity index is 448. The first-order valence-corrected chi connectivity index (χ1v) is 7.86. The van der Waals surface area contributed by atoms with E-state index in [4.69, 9.17) is 4.74 Å². The number of carbonyl (C=O) groups excluding carboxylic acids is 1. The largest absolute Gasteiger partial charge is 0.496 e. The van der Waals surface area contributed by atoms with E-state index in [1.807, 2.05) is 6.07 Å². The lowest BCUT2D eigenvalue weighted by Gasteiger charge is -2.30. The van der Waals surface area contributed by atoms with Crippen LogP contribution >= 0.6 is 0 Å². The first-order valence-electron chi connectivity index (χ1n) is 7.86. The van der Waals surface area contributed by atoms with Gasteiger partial charge >= 0.3 is 0 Å². The third-order valence-corrected chi connectivity index (χ3v) is 4.35. The van der Waals surface area contributed by atoms with Crippen LogP contribution in [0.4, 0.5) is 0 Å². The summed E-state index contributed by atoms with van der Waals surface area (Å²) in [5, 5.41) is 6.49. The van der Waals surface area contributed by atoms with Gasteiger partial charge in [-0.15, -0.1) is 0 Å². The first-order chi connectivity index (χ1) is 10.3. The van der Waals surface area contributed by atoms with Gasteiger partial charge in [0.25, 0.3) is 0 Å². The second-order valence-corrected chi connectivity index (χ2v) is 5.67. The molecule has 4 nitrogen and oxygen atoms in total. The second kappa shape index (κ2) is 8.03. The Balaban J connectivity index is 1.95. The minimum atomic E-state index is 0.457. The van der Waals surface area contributed by atoms with Crippen molar-refractivity contribution in [1.82, 2.24) is 10.6 Å². The Kier molecular flexibility index (Phi) is 6.05. The van der Waals surface area contributed by atoms with Crippen molar-refractivity contribution in [1.29, 1.82) is 0 Å². The fourth-order valence-electron chi connectivity index (χ4n) is 3.14. The molecule has 1 aliphatic rings. The van der Waals surface area contributed by atoms with Gasteiger partial charge in [0.2, 0.25) is 6.41 Å². The zero-order valence-corrected chi connectivity index (χ0v) is 13.0. The highest BCUT2D eigenvalue weighted by molar-refractivity contribution is 5.45. The molecule has 0 bridgehead atoms. The van der Waals surface area contributed by atoms with Gasteiger partial charge in [-0.3, -0.25) is 4.79 Å². The topological polar surface area (TPSA) is 50.4 Å². The lowest BCUT2D eigenvalue weighted by molar-refractivity contribution is -0.109. The van der Waals surface area contributed by atoms with E-state index >= 15 is 0 Å². The molecule has 1 aromatic rings. The molecule has 0 saturated heterocycles. The Labute approximate surface area is 127 Å². The molecule has 0 heterocycles. The predicted octanol–water partition coefficient (Wildman–Crippen LogP) is 2.06. The third kappa shape index (κ3) is 4.21. The maximum atomic E-state index is 10.3. The molecule has 0 aliphatic heterocycles. The highest BCUT2D eigenvalue weighted by Crippen LogP contribution is 2.29. The molecule has 0 saturated carbocycles. The van der Waals surface area contributed by atoms with Gasteiger partial charge in [0, 0.05) is 18.6 Å². The zero-order valence-electron chi connectivity index (χ0n) is 13.0. The van der Waals surface area contributed by atoms with Crippen molar-refractivity contribution in [3.8, 4) is 5.75 Å². The summed E-state index contributed by atoms with van der Waals surface area (Å²) in [6, 6.07) is 7.28. The quantitative estimate of drug-likeness (QED) is 0.569. The summed E-state index contributed by atoms with van der Waals surface area (Å²) >= 11 is 0. The van der Waals surface area contributed by atoms with Crippen LogP contribution in [0, 0.1) is 0 Å². The number of hydrogen-bond donors (Lipinski definition) is 2. The zero-order chi connectivity index (χ0) is 15.1. The molecule has 0 aromatic heterocycles. The number of nitrogens with one attached hydrogen (secondary N) is 2. The van der Waals surface area contributed by atoms with Gasteiger partial charge in [-0.1, -0.05) is 19.1 Å². The highest BCUT2D eigenvalue weighted by atomic mass is 16.5. The summed E-state index contributed by atoms with van der Waals surface area (Å²) in [6.07, 6.45) is 6.12. The standard InChI is InChI=1S/C17H26N2O2/c1-3-14(9-10-18-12-20)19-15-8-7-13-5-4-6-17(21-2)16(13)11-15/h4-6,12,14-15,19H,3,7-11H2,1-2H3,(H,18,20). The molecular weight excluding hydrogens is 264 g/mol. The Morgan fingerprint density at radius 2 is 2.33 bits per heavy atom. The van der Waals surface area contributed by atoms with Crippen LogP contribution in [-0.2, 0) is 17.6 Å². The minimum absolute atomic E-state index is 0.457. The molecule has 2 rings (SSSR count). The van der Waals surface area contributed by atoms with Crippen LogP contribution in [-0.4, -0.2) is 32.1 Å². The highest BCUT2D eigenvalue weighted by Gasteiger charge is 2.22. The van der Waals surface area contributed by atoms with Crippen LogP contribution in [0.5, 0.6) is 5.75 Å². The third-order valence-electron chi connectivity index (χ3n) is 4.35. The Hall–Kier alpha value is -1.55. The van der Waals surface area contributed by atoms with E-state index in [0.29, 0.717) is 12.1 Å². The van der Waals surface area contributed by atoms with Crippen molar-refractivity contribution in [3.63, 3.8) is 0 Å². The Morgan fingerprint density at radius 1 is 1.48 bits per heavy atom. The van der Waals surface area contributed by atoms with E-state index in [0.717, 1.165) is 50.8 Å². The van der Waals surface area contributed by atoms with Gasteiger partial charge in [-0.05, 0) is 49.3 Å². The van der Waals surface area contributed by atoms with E-state index in [9.17, 15) is 4.79 Å². The summed E-state index contributed by atoms with van der Waals surface area (Å²) < 4.78 is 5.50. The molecule has 0 fully saturated rings. The smallest absolute Gasteiger partial charge is 0.207 e. The molecule has 1 amide bonds. The van der Waals surface area contributed by atoms with Crippen molar-refractivity contribution in [3.05, 3.63) is 29.3 Å². The fraction of sp³-hybridized carbons (Fsp3) is 0.588. The van der Waals surface area contributed by atoms with Crippen molar-refractivity contribution in [2.24, 2.45) is 0 Å². The maximum Gasteiger partial charge on any atom is 0.207 e. The number of benzene rings is 1. The average Bonchev–Trinajstić information content (AvgIpc) is 2.53. The summed E-state index contributed by atoms with van der Waals surface area (Å²) in [5.41, 5.74) is 2.77. The Morgan fingerprint density at radius 3 is 3.05 bits per heavy atom. The molecule has 4 heteroatoms. The van der Waals surface area contributed by atoms with Crippen LogP contribution in [0.25, 0.3) is 0 Å². The maximum absolute atomic E-state index is 10.3. The number of fused-ring (bicyclic) bond motifs is 1. The van der Waals surface area contributed by atoms with E-state index in [-0.39, 0.29) is 0 Å². The summed E-state index contributed by atoms with van der Waals surface area (Å²) in [7, 11) is 1.74. The molecule has 21 heavy (non-hydrogen) atoms. The van der Waals surface area contributed by atoms with Crippen LogP contribution in [0.15, 0.2) is 18.2 Å². The SMILES string of the molecule is CCC(CCNC=O)NC1CCc2cccc(OC)c2C1. The molecule has 2 atom stereocenters.